The molecule has 0 aliphatic carbocycles. The summed E-state index contributed by atoms with van der Waals surface area (Å²) in [7, 11) is 1.64. The molecule has 0 unspecified atom stereocenters. The average molecular weight is 308 g/mol. The van der Waals surface area contributed by atoms with E-state index in [1.165, 1.54) is 11.3 Å². The molecule has 2 aromatic heterocycles. The molecule has 2 rings (SSSR count). The minimum absolute atomic E-state index is 0.0916. The van der Waals surface area contributed by atoms with Gasteiger partial charge in [-0.1, -0.05) is 32.1 Å². The van der Waals surface area contributed by atoms with Crippen molar-refractivity contribution >= 4 is 16.5 Å². The number of hydrogen-bond acceptors (Lipinski definition) is 6. The maximum absolute atomic E-state index is 12.2. The lowest BCUT2D eigenvalue weighted by molar-refractivity contribution is 0.211. The number of nitrogens with one attached hydrogen (secondary N) is 2. The third-order valence-electron chi connectivity index (χ3n) is 2.96. The molecule has 0 bridgehead atoms. The van der Waals surface area contributed by atoms with E-state index >= 15 is 0 Å². The summed E-state index contributed by atoms with van der Waals surface area (Å²) in [5, 5.41) is 12.5. The number of H-pyrrole nitrogens is 1. The largest absolute Gasteiger partial charge is 0.383 e. The van der Waals surface area contributed by atoms with Gasteiger partial charge in [-0.05, 0) is 12.1 Å². The highest BCUT2D eigenvalue weighted by Gasteiger charge is 2.17. The smallest absolute Gasteiger partial charge is 0.258 e. The van der Waals surface area contributed by atoms with Gasteiger partial charge in [0.2, 0.25) is 5.13 Å². The first-order valence-corrected chi connectivity index (χ1v) is 7.54. The Morgan fingerprint density at radius 1 is 1.33 bits per heavy atom. The molecule has 7 heteroatoms. The second kappa shape index (κ2) is 6.36. The fourth-order valence-electron chi connectivity index (χ4n) is 1.74. The van der Waals surface area contributed by atoms with Crippen LogP contribution in [-0.2, 0) is 10.2 Å². The van der Waals surface area contributed by atoms with E-state index in [9.17, 15) is 4.79 Å². The lowest BCUT2D eigenvalue weighted by Crippen LogP contribution is -2.20. The first kappa shape index (κ1) is 15.7. The monoisotopic (exact) mass is 308 g/mol. The fraction of sp³-hybridized carbons (Fsp3) is 0.500. The predicted octanol–water partition coefficient (Wildman–Crippen LogP) is 2.25. The van der Waals surface area contributed by atoms with Crippen molar-refractivity contribution < 1.29 is 4.74 Å². The van der Waals surface area contributed by atoms with Crippen molar-refractivity contribution in [3.63, 3.8) is 0 Å². The molecule has 2 heterocycles. The molecular weight excluding hydrogens is 288 g/mol. The standard InChI is InChI=1S/C14H20N4O2S/c1-14(2,3)10-6-5-9(11(19)16-10)12-17-18-13(21-12)15-7-8-20-4/h5-6H,7-8H2,1-4H3,(H,15,18)(H,16,19). The summed E-state index contributed by atoms with van der Waals surface area (Å²) < 4.78 is 4.96. The topological polar surface area (TPSA) is 79.9 Å². The van der Waals surface area contributed by atoms with E-state index in [4.69, 9.17) is 4.74 Å². The molecule has 0 atom stereocenters. The van der Waals surface area contributed by atoms with Gasteiger partial charge in [-0.2, -0.15) is 0 Å². The fourth-order valence-corrected chi connectivity index (χ4v) is 2.53. The van der Waals surface area contributed by atoms with Crippen molar-refractivity contribution in [2.75, 3.05) is 25.6 Å². The van der Waals surface area contributed by atoms with E-state index < -0.39 is 0 Å². The zero-order valence-corrected chi connectivity index (χ0v) is 13.5. The van der Waals surface area contributed by atoms with Crippen LogP contribution >= 0.6 is 11.3 Å². The van der Waals surface area contributed by atoms with Crippen molar-refractivity contribution in [2.45, 2.75) is 26.2 Å². The maximum atomic E-state index is 12.2. The van der Waals surface area contributed by atoms with Gasteiger partial charge in [0.1, 0.15) is 0 Å². The van der Waals surface area contributed by atoms with Crippen LogP contribution < -0.4 is 10.9 Å². The summed E-state index contributed by atoms with van der Waals surface area (Å²) in [6, 6.07) is 3.73. The van der Waals surface area contributed by atoms with Crippen LogP contribution in [0.5, 0.6) is 0 Å². The van der Waals surface area contributed by atoms with Crippen molar-refractivity contribution in [3.05, 3.63) is 28.2 Å². The van der Waals surface area contributed by atoms with Gasteiger partial charge >= 0.3 is 0 Å². The van der Waals surface area contributed by atoms with E-state index in [2.05, 4.69) is 41.3 Å². The van der Waals surface area contributed by atoms with Gasteiger partial charge in [-0.15, -0.1) is 10.2 Å². The Hall–Kier alpha value is -1.73. The molecule has 2 N–H and O–H groups in total. The lowest BCUT2D eigenvalue weighted by Gasteiger charge is -2.18. The summed E-state index contributed by atoms with van der Waals surface area (Å²) in [4.78, 5) is 15.1. The molecule has 6 nitrogen and oxygen atoms in total. The molecule has 114 valence electrons. The second-order valence-corrected chi connectivity index (χ2v) is 6.67. The SMILES string of the molecule is COCCNc1nnc(-c2ccc(C(C)(C)C)[nH]c2=O)s1. The second-order valence-electron chi connectivity index (χ2n) is 5.70. The molecule has 0 aliphatic heterocycles. The number of aromatic amines is 1. The van der Waals surface area contributed by atoms with Gasteiger partial charge in [0.25, 0.3) is 5.56 Å². The average Bonchev–Trinajstić information content (AvgIpc) is 2.86. The number of anilines is 1. The Labute approximate surface area is 127 Å². The molecule has 0 saturated carbocycles. The van der Waals surface area contributed by atoms with Gasteiger partial charge in [0.05, 0.1) is 12.2 Å². The van der Waals surface area contributed by atoms with Crippen LogP contribution in [0.4, 0.5) is 5.13 Å². The third kappa shape index (κ3) is 3.89. The summed E-state index contributed by atoms with van der Waals surface area (Å²) in [6.45, 7) is 7.42. The number of methoxy groups -OCH3 is 1. The number of rotatable bonds is 5. The van der Waals surface area contributed by atoms with E-state index in [1.54, 1.807) is 13.2 Å². The molecule has 2 aromatic rings. The minimum atomic E-state index is -0.137. The minimum Gasteiger partial charge on any atom is -0.383 e. The first-order chi connectivity index (χ1) is 9.91. The third-order valence-corrected chi connectivity index (χ3v) is 3.87. The highest BCUT2D eigenvalue weighted by Crippen LogP contribution is 2.25. The van der Waals surface area contributed by atoms with E-state index in [0.717, 1.165) is 5.69 Å². The molecule has 0 fully saturated rings. The normalized spacial score (nSPS) is 11.6. The van der Waals surface area contributed by atoms with Crippen molar-refractivity contribution in [3.8, 4) is 10.6 Å². The lowest BCUT2D eigenvalue weighted by atomic mass is 9.91. The quantitative estimate of drug-likeness (QED) is 0.828. The van der Waals surface area contributed by atoms with E-state index in [1.807, 2.05) is 6.07 Å². The van der Waals surface area contributed by atoms with Crippen molar-refractivity contribution in [1.29, 1.82) is 0 Å². The summed E-state index contributed by atoms with van der Waals surface area (Å²) in [6.07, 6.45) is 0. The van der Waals surface area contributed by atoms with Gasteiger partial charge in [0.15, 0.2) is 5.01 Å². The number of hydrogen-bond donors (Lipinski definition) is 2. The van der Waals surface area contributed by atoms with Gasteiger partial charge < -0.3 is 15.0 Å². The van der Waals surface area contributed by atoms with Crippen LogP contribution in [0, 0.1) is 0 Å². The van der Waals surface area contributed by atoms with Crippen LogP contribution in [0.3, 0.4) is 0 Å². The number of pyridine rings is 1. The Bertz CT molecular complexity index is 657. The van der Waals surface area contributed by atoms with Crippen molar-refractivity contribution in [2.24, 2.45) is 0 Å². The van der Waals surface area contributed by atoms with Crippen LogP contribution in [0.2, 0.25) is 0 Å². The van der Waals surface area contributed by atoms with Crippen LogP contribution in [0.15, 0.2) is 16.9 Å². The summed E-state index contributed by atoms with van der Waals surface area (Å²) in [5.41, 5.74) is 1.22. The maximum Gasteiger partial charge on any atom is 0.258 e. The van der Waals surface area contributed by atoms with Gasteiger partial charge in [-0.25, -0.2) is 0 Å². The highest BCUT2D eigenvalue weighted by molar-refractivity contribution is 7.18. The van der Waals surface area contributed by atoms with E-state index in [0.29, 0.717) is 28.9 Å². The first-order valence-electron chi connectivity index (χ1n) is 6.72. The Kier molecular flexibility index (Phi) is 4.74. The summed E-state index contributed by atoms with van der Waals surface area (Å²) in [5.74, 6) is 0. The zero-order chi connectivity index (χ0) is 15.5. The zero-order valence-electron chi connectivity index (χ0n) is 12.7. The molecule has 0 aliphatic rings. The molecular formula is C14H20N4O2S. The Morgan fingerprint density at radius 3 is 2.71 bits per heavy atom. The van der Waals surface area contributed by atoms with Gasteiger partial charge in [-0.3, -0.25) is 4.79 Å². The number of aromatic nitrogens is 3. The molecule has 21 heavy (non-hydrogen) atoms. The van der Waals surface area contributed by atoms with Crippen LogP contribution in [-0.4, -0.2) is 35.4 Å². The highest BCUT2D eigenvalue weighted by atomic mass is 32.1. The van der Waals surface area contributed by atoms with E-state index in [-0.39, 0.29) is 11.0 Å². The number of ether oxygens (including phenoxy) is 1. The Morgan fingerprint density at radius 2 is 2.10 bits per heavy atom. The Balaban J connectivity index is 2.21. The van der Waals surface area contributed by atoms with Crippen LogP contribution in [0.1, 0.15) is 26.5 Å². The molecule has 0 amide bonds. The van der Waals surface area contributed by atoms with Crippen molar-refractivity contribution in [1.82, 2.24) is 15.2 Å². The molecule has 0 radical (unpaired) electrons. The molecule has 0 saturated heterocycles. The summed E-state index contributed by atoms with van der Waals surface area (Å²) >= 11 is 1.36. The van der Waals surface area contributed by atoms with Gasteiger partial charge in [0, 0.05) is 24.8 Å². The molecule has 0 spiro atoms. The van der Waals surface area contributed by atoms with Crippen LogP contribution in [0.25, 0.3) is 10.6 Å². The molecule has 0 aromatic carbocycles. The predicted molar refractivity (Wildman–Crippen MR) is 85.0 cm³/mol. The number of nitrogens with zero attached hydrogens (tertiary/aromatic N) is 2.